The number of nitrogens with zero attached hydrogens (tertiary/aromatic N) is 3. The molecular weight excluding hydrogens is 328 g/mol. The third-order valence-electron chi connectivity index (χ3n) is 5.16. The Kier molecular flexibility index (Phi) is 6.06. The molecule has 0 aliphatic carbocycles. The van der Waals surface area contributed by atoms with Crippen LogP contribution in [0.3, 0.4) is 0 Å². The van der Waals surface area contributed by atoms with Gasteiger partial charge in [0.25, 0.3) is 0 Å². The Morgan fingerprint density at radius 1 is 1.23 bits per heavy atom. The zero-order valence-corrected chi connectivity index (χ0v) is 15.9. The number of ether oxygens (including phenoxy) is 1. The number of carbonyl (C=O) groups excluding carboxylic acids is 1. The number of hydrogen-bond acceptors (Lipinski definition) is 4. The minimum atomic E-state index is 0.0402. The zero-order valence-electron chi connectivity index (χ0n) is 15.9. The van der Waals surface area contributed by atoms with Crippen LogP contribution in [0, 0.1) is 13.8 Å². The third-order valence-corrected chi connectivity index (χ3v) is 5.16. The van der Waals surface area contributed by atoms with E-state index in [2.05, 4.69) is 27.4 Å². The largest absolute Gasteiger partial charge is 0.379 e. The summed E-state index contributed by atoms with van der Waals surface area (Å²) in [6.45, 7) is 7.81. The van der Waals surface area contributed by atoms with Gasteiger partial charge in [0.15, 0.2) is 0 Å². The molecule has 0 radical (unpaired) electrons. The molecule has 1 unspecified atom stereocenters. The highest BCUT2D eigenvalue weighted by Crippen LogP contribution is 2.21. The molecule has 0 spiro atoms. The normalized spacial score (nSPS) is 16.4. The van der Waals surface area contributed by atoms with Crippen LogP contribution in [0.5, 0.6) is 0 Å². The van der Waals surface area contributed by atoms with Crippen LogP contribution in [0.4, 0.5) is 0 Å². The molecule has 140 valence electrons. The molecule has 1 aromatic heterocycles. The van der Waals surface area contributed by atoms with Crippen molar-refractivity contribution in [3.05, 3.63) is 52.8 Å². The van der Waals surface area contributed by atoms with Gasteiger partial charge < -0.3 is 10.1 Å². The number of amides is 1. The first-order valence-corrected chi connectivity index (χ1v) is 9.18. The van der Waals surface area contributed by atoms with Crippen molar-refractivity contribution in [2.24, 2.45) is 7.05 Å². The van der Waals surface area contributed by atoms with Crippen molar-refractivity contribution in [3.8, 4) is 0 Å². The molecule has 6 nitrogen and oxygen atoms in total. The summed E-state index contributed by atoms with van der Waals surface area (Å²) in [6.07, 6.45) is 0.371. The van der Waals surface area contributed by atoms with E-state index >= 15 is 0 Å². The molecule has 1 aliphatic heterocycles. The molecule has 6 heteroatoms. The van der Waals surface area contributed by atoms with Crippen molar-refractivity contribution in [1.82, 2.24) is 20.0 Å². The van der Waals surface area contributed by atoms with E-state index < -0.39 is 0 Å². The minimum Gasteiger partial charge on any atom is -0.379 e. The Bertz CT molecular complexity index is 736. The molecule has 3 rings (SSSR count). The van der Waals surface area contributed by atoms with Gasteiger partial charge in [-0.1, -0.05) is 30.3 Å². The first kappa shape index (κ1) is 18.6. The van der Waals surface area contributed by atoms with Gasteiger partial charge in [0.2, 0.25) is 5.91 Å². The number of carbonyl (C=O) groups is 1. The lowest BCUT2D eigenvalue weighted by Crippen LogP contribution is -2.44. The molecule has 1 amide bonds. The fraction of sp³-hybridized carbons (Fsp3) is 0.500. The zero-order chi connectivity index (χ0) is 18.5. The summed E-state index contributed by atoms with van der Waals surface area (Å²) in [5.74, 6) is 0.0402. The summed E-state index contributed by atoms with van der Waals surface area (Å²) in [4.78, 5) is 14.9. The van der Waals surface area contributed by atoms with Gasteiger partial charge >= 0.3 is 0 Å². The first-order valence-electron chi connectivity index (χ1n) is 9.18. The Balaban J connectivity index is 1.66. The second-order valence-electron chi connectivity index (χ2n) is 6.83. The third kappa shape index (κ3) is 4.31. The average molecular weight is 356 g/mol. The Labute approximate surface area is 155 Å². The van der Waals surface area contributed by atoms with Crippen LogP contribution in [-0.2, 0) is 23.0 Å². The molecule has 1 saturated heterocycles. The van der Waals surface area contributed by atoms with Crippen molar-refractivity contribution in [2.45, 2.75) is 26.3 Å². The maximum Gasteiger partial charge on any atom is 0.224 e. The Morgan fingerprint density at radius 2 is 1.92 bits per heavy atom. The maximum atomic E-state index is 12.6. The first-order chi connectivity index (χ1) is 12.6. The summed E-state index contributed by atoms with van der Waals surface area (Å²) < 4.78 is 7.31. The lowest BCUT2D eigenvalue weighted by atomic mass is 10.0. The predicted octanol–water partition coefficient (Wildman–Crippen LogP) is 1.77. The monoisotopic (exact) mass is 356 g/mol. The van der Waals surface area contributed by atoms with E-state index in [9.17, 15) is 4.79 Å². The molecule has 0 bridgehead atoms. The number of hydrogen-bond donors (Lipinski definition) is 1. The van der Waals surface area contributed by atoms with Gasteiger partial charge in [0, 0.05) is 37.9 Å². The Hall–Kier alpha value is -2.18. The molecule has 1 N–H and O–H groups in total. The fourth-order valence-electron chi connectivity index (χ4n) is 3.53. The van der Waals surface area contributed by atoms with Gasteiger partial charge in [-0.15, -0.1) is 0 Å². The molecule has 1 aromatic carbocycles. The smallest absolute Gasteiger partial charge is 0.224 e. The van der Waals surface area contributed by atoms with Crippen LogP contribution in [0.2, 0.25) is 0 Å². The molecular formula is C20H28N4O2. The highest BCUT2D eigenvalue weighted by Gasteiger charge is 2.23. The van der Waals surface area contributed by atoms with Crippen molar-refractivity contribution in [1.29, 1.82) is 0 Å². The predicted molar refractivity (Wildman–Crippen MR) is 101 cm³/mol. The van der Waals surface area contributed by atoms with E-state index in [1.165, 1.54) is 5.56 Å². The summed E-state index contributed by atoms with van der Waals surface area (Å²) >= 11 is 0. The summed E-state index contributed by atoms with van der Waals surface area (Å²) in [5, 5.41) is 7.53. The number of rotatable bonds is 6. The van der Waals surface area contributed by atoms with Crippen molar-refractivity contribution in [3.63, 3.8) is 0 Å². The summed E-state index contributed by atoms with van der Waals surface area (Å²) in [6, 6.07) is 10.5. The second kappa shape index (κ2) is 8.47. The van der Waals surface area contributed by atoms with E-state index in [0.29, 0.717) is 13.0 Å². The molecule has 0 saturated carbocycles. The lowest BCUT2D eigenvalue weighted by molar-refractivity contribution is -0.120. The molecule has 26 heavy (non-hydrogen) atoms. The van der Waals surface area contributed by atoms with Gasteiger partial charge in [0.05, 0.1) is 31.4 Å². The highest BCUT2D eigenvalue weighted by molar-refractivity contribution is 5.79. The van der Waals surface area contributed by atoms with Gasteiger partial charge in [-0.2, -0.15) is 5.10 Å². The number of morpholine rings is 1. The number of aryl methyl sites for hydroxylation is 2. The maximum absolute atomic E-state index is 12.6. The van der Waals surface area contributed by atoms with Crippen molar-refractivity contribution < 1.29 is 9.53 Å². The van der Waals surface area contributed by atoms with Crippen LogP contribution in [0.1, 0.15) is 28.6 Å². The fourth-order valence-corrected chi connectivity index (χ4v) is 3.53. The van der Waals surface area contributed by atoms with Gasteiger partial charge in [-0.3, -0.25) is 14.4 Å². The van der Waals surface area contributed by atoms with Crippen LogP contribution < -0.4 is 5.32 Å². The van der Waals surface area contributed by atoms with E-state index in [1.807, 2.05) is 43.8 Å². The lowest BCUT2D eigenvalue weighted by Gasteiger charge is -2.35. The number of nitrogens with one attached hydrogen (secondary N) is 1. The molecule has 1 atom stereocenters. The van der Waals surface area contributed by atoms with Crippen molar-refractivity contribution >= 4 is 5.91 Å². The summed E-state index contributed by atoms with van der Waals surface area (Å²) in [7, 11) is 1.91. The van der Waals surface area contributed by atoms with Crippen molar-refractivity contribution in [2.75, 3.05) is 32.8 Å². The minimum absolute atomic E-state index is 0.0402. The molecule has 2 heterocycles. The second-order valence-corrected chi connectivity index (χ2v) is 6.83. The van der Waals surface area contributed by atoms with E-state index in [0.717, 1.165) is 43.3 Å². The molecule has 1 fully saturated rings. The van der Waals surface area contributed by atoms with E-state index in [1.54, 1.807) is 0 Å². The topological polar surface area (TPSA) is 59.4 Å². The number of aromatic nitrogens is 2. The summed E-state index contributed by atoms with van der Waals surface area (Å²) in [5.41, 5.74) is 4.22. The number of benzene rings is 1. The SMILES string of the molecule is Cc1nn(C)c(C)c1CC(=O)NCC(c1ccccc1)N1CCOCC1. The van der Waals surface area contributed by atoms with Crippen LogP contribution in [0.25, 0.3) is 0 Å². The quantitative estimate of drug-likeness (QED) is 0.857. The molecule has 1 aliphatic rings. The standard InChI is InChI=1S/C20H28N4O2/c1-15-18(16(2)23(3)22-15)13-20(25)21-14-19(17-7-5-4-6-8-17)24-9-11-26-12-10-24/h4-8,19H,9-14H2,1-3H3,(H,21,25). The van der Waals surface area contributed by atoms with Gasteiger partial charge in [0.1, 0.15) is 0 Å². The van der Waals surface area contributed by atoms with Gasteiger partial charge in [-0.05, 0) is 19.4 Å². The van der Waals surface area contributed by atoms with Gasteiger partial charge in [-0.25, -0.2) is 0 Å². The van der Waals surface area contributed by atoms with Crippen LogP contribution in [-0.4, -0.2) is 53.4 Å². The van der Waals surface area contributed by atoms with E-state index in [-0.39, 0.29) is 11.9 Å². The van der Waals surface area contributed by atoms with E-state index in [4.69, 9.17) is 4.74 Å². The average Bonchev–Trinajstić information content (AvgIpc) is 2.90. The Morgan fingerprint density at radius 3 is 2.54 bits per heavy atom. The van der Waals surface area contributed by atoms with Crippen LogP contribution in [0.15, 0.2) is 30.3 Å². The molecule has 2 aromatic rings. The highest BCUT2D eigenvalue weighted by atomic mass is 16.5. The van der Waals surface area contributed by atoms with Crippen LogP contribution >= 0.6 is 0 Å².